The molecule has 17 heavy (non-hydrogen) atoms. The highest BCUT2D eigenvalue weighted by molar-refractivity contribution is 5.45. The molecule has 1 aromatic heterocycles. The lowest BCUT2D eigenvalue weighted by Crippen LogP contribution is -2.17. The average Bonchev–Trinajstić information content (AvgIpc) is 2.34. The number of rotatable bonds is 6. The van der Waals surface area contributed by atoms with Crippen LogP contribution in [-0.4, -0.2) is 16.6 Å². The van der Waals surface area contributed by atoms with Gasteiger partial charge in [0, 0.05) is 17.9 Å². The third-order valence-corrected chi connectivity index (χ3v) is 2.75. The SMILES string of the molecule is CCOC(CC)c1nc(C)c(CC)c(NN)n1. The van der Waals surface area contributed by atoms with Crippen LogP contribution in [0.25, 0.3) is 0 Å². The maximum Gasteiger partial charge on any atom is 0.159 e. The highest BCUT2D eigenvalue weighted by Gasteiger charge is 2.16. The Hall–Kier alpha value is -1.20. The molecule has 0 amide bonds. The lowest BCUT2D eigenvalue weighted by Gasteiger charge is -2.17. The number of aryl methyl sites for hydroxylation is 1. The summed E-state index contributed by atoms with van der Waals surface area (Å²) in [6.45, 7) is 8.72. The summed E-state index contributed by atoms with van der Waals surface area (Å²) in [5.41, 5.74) is 4.66. The number of nitrogens with one attached hydrogen (secondary N) is 1. The van der Waals surface area contributed by atoms with Crippen molar-refractivity contribution in [2.24, 2.45) is 5.84 Å². The number of nitrogens with two attached hydrogens (primary N) is 1. The zero-order valence-corrected chi connectivity index (χ0v) is 11.1. The Balaban J connectivity index is 3.13. The molecule has 0 bridgehead atoms. The maximum atomic E-state index is 5.61. The molecular weight excluding hydrogens is 216 g/mol. The van der Waals surface area contributed by atoms with Crippen LogP contribution >= 0.6 is 0 Å². The van der Waals surface area contributed by atoms with Crippen LogP contribution < -0.4 is 11.3 Å². The summed E-state index contributed by atoms with van der Waals surface area (Å²) in [7, 11) is 0. The molecule has 0 aliphatic heterocycles. The number of hydrogen-bond acceptors (Lipinski definition) is 5. The maximum absolute atomic E-state index is 5.61. The van der Waals surface area contributed by atoms with Gasteiger partial charge in [-0.05, 0) is 26.7 Å². The van der Waals surface area contributed by atoms with Crippen molar-refractivity contribution >= 4 is 5.82 Å². The molecule has 0 saturated heterocycles. The van der Waals surface area contributed by atoms with Gasteiger partial charge in [0.15, 0.2) is 5.82 Å². The van der Waals surface area contributed by atoms with Crippen LogP contribution in [0.5, 0.6) is 0 Å². The molecule has 0 radical (unpaired) electrons. The topological polar surface area (TPSA) is 73.1 Å². The molecule has 1 heterocycles. The van der Waals surface area contributed by atoms with Crippen LogP contribution in [-0.2, 0) is 11.2 Å². The third kappa shape index (κ3) is 3.14. The Morgan fingerprint density at radius 3 is 2.47 bits per heavy atom. The highest BCUT2D eigenvalue weighted by Crippen LogP contribution is 2.22. The Labute approximate surface area is 103 Å². The molecule has 0 fully saturated rings. The largest absolute Gasteiger partial charge is 0.371 e. The van der Waals surface area contributed by atoms with Crippen molar-refractivity contribution in [2.75, 3.05) is 12.0 Å². The molecule has 0 spiro atoms. The van der Waals surface area contributed by atoms with Crippen LogP contribution in [0.2, 0.25) is 0 Å². The molecule has 5 heteroatoms. The van der Waals surface area contributed by atoms with Crippen LogP contribution in [0.4, 0.5) is 5.82 Å². The molecule has 0 saturated carbocycles. The molecule has 96 valence electrons. The predicted molar refractivity (Wildman–Crippen MR) is 68.6 cm³/mol. The number of nitrogen functional groups attached to an aromatic ring is 1. The minimum Gasteiger partial charge on any atom is -0.371 e. The summed E-state index contributed by atoms with van der Waals surface area (Å²) in [5, 5.41) is 0. The van der Waals surface area contributed by atoms with E-state index >= 15 is 0 Å². The van der Waals surface area contributed by atoms with Crippen LogP contribution in [0.3, 0.4) is 0 Å². The van der Waals surface area contributed by atoms with E-state index in [2.05, 4.69) is 29.2 Å². The van der Waals surface area contributed by atoms with Gasteiger partial charge in [-0.3, -0.25) is 0 Å². The van der Waals surface area contributed by atoms with Crippen molar-refractivity contribution in [3.05, 3.63) is 17.1 Å². The van der Waals surface area contributed by atoms with Crippen LogP contribution in [0.15, 0.2) is 0 Å². The fourth-order valence-corrected chi connectivity index (χ4v) is 1.88. The molecule has 1 aromatic rings. The molecule has 3 N–H and O–H groups in total. The van der Waals surface area contributed by atoms with Crippen LogP contribution in [0.1, 0.15) is 50.4 Å². The molecule has 5 nitrogen and oxygen atoms in total. The van der Waals surface area contributed by atoms with E-state index in [0.29, 0.717) is 18.2 Å². The monoisotopic (exact) mass is 238 g/mol. The average molecular weight is 238 g/mol. The van der Waals surface area contributed by atoms with Gasteiger partial charge in [-0.25, -0.2) is 15.8 Å². The van der Waals surface area contributed by atoms with Crippen molar-refractivity contribution in [3.8, 4) is 0 Å². The van der Waals surface area contributed by atoms with Gasteiger partial charge < -0.3 is 10.2 Å². The first-order valence-corrected chi connectivity index (χ1v) is 6.13. The fourth-order valence-electron chi connectivity index (χ4n) is 1.88. The molecule has 0 aromatic carbocycles. The van der Waals surface area contributed by atoms with E-state index in [1.165, 1.54) is 0 Å². The van der Waals surface area contributed by atoms with E-state index in [9.17, 15) is 0 Å². The number of hydrogen-bond donors (Lipinski definition) is 2. The molecule has 1 unspecified atom stereocenters. The van der Waals surface area contributed by atoms with Gasteiger partial charge in [-0.15, -0.1) is 0 Å². The minimum absolute atomic E-state index is 0.0586. The van der Waals surface area contributed by atoms with Gasteiger partial charge in [0.05, 0.1) is 0 Å². The number of aromatic nitrogens is 2. The second kappa shape index (κ2) is 6.51. The summed E-state index contributed by atoms with van der Waals surface area (Å²) < 4.78 is 5.61. The van der Waals surface area contributed by atoms with Gasteiger partial charge in [0.1, 0.15) is 11.9 Å². The molecule has 1 rings (SSSR count). The van der Waals surface area contributed by atoms with Gasteiger partial charge in [0.25, 0.3) is 0 Å². The van der Waals surface area contributed by atoms with Crippen LogP contribution in [0, 0.1) is 6.92 Å². The standard InChI is InChI=1S/C12H22N4O/c1-5-9-8(4)14-12(15-11(9)16-13)10(6-2)17-7-3/h10H,5-7,13H2,1-4H3,(H,14,15,16). The first-order valence-electron chi connectivity index (χ1n) is 6.13. The normalized spacial score (nSPS) is 12.5. The van der Waals surface area contributed by atoms with Crippen molar-refractivity contribution < 1.29 is 4.74 Å². The van der Waals surface area contributed by atoms with Gasteiger partial charge in [0.2, 0.25) is 0 Å². The number of ether oxygens (including phenoxy) is 1. The van der Waals surface area contributed by atoms with E-state index in [-0.39, 0.29) is 6.10 Å². The van der Waals surface area contributed by atoms with E-state index in [1.807, 2.05) is 13.8 Å². The summed E-state index contributed by atoms with van der Waals surface area (Å²) in [6.07, 6.45) is 1.65. The summed E-state index contributed by atoms with van der Waals surface area (Å²) in [4.78, 5) is 8.95. The Kier molecular flexibility index (Phi) is 5.31. The third-order valence-electron chi connectivity index (χ3n) is 2.75. The van der Waals surface area contributed by atoms with Crippen molar-refractivity contribution in [3.63, 3.8) is 0 Å². The minimum atomic E-state index is -0.0586. The molecule has 0 aliphatic carbocycles. The summed E-state index contributed by atoms with van der Waals surface area (Å²) >= 11 is 0. The smallest absolute Gasteiger partial charge is 0.159 e. The van der Waals surface area contributed by atoms with E-state index in [4.69, 9.17) is 10.6 Å². The zero-order chi connectivity index (χ0) is 12.8. The molecule has 0 aliphatic rings. The van der Waals surface area contributed by atoms with Gasteiger partial charge >= 0.3 is 0 Å². The van der Waals surface area contributed by atoms with E-state index in [1.54, 1.807) is 0 Å². The van der Waals surface area contributed by atoms with E-state index < -0.39 is 0 Å². The predicted octanol–water partition coefficient (Wildman–Crippen LogP) is 2.12. The van der Waals surface area contributed by atoms with Crippen molar-refractivity contribution in [2.45, 2.75) is 46.6 Å². The first kappa shape index (κ1) is 13.9. The summed E-state index contributed by atoms with van der Waals surface area (Å²) in [5.74, 6) is 6.91. The second-order valence-corrected chi connectivity index (χ2v) is 3.84. The fraction of sp³-hybridized carbons (Fsp3) is 0.667. The number of anilines is 1. The Bertz CT molecular complexity index is 368. The molecular formula is C12H22N4O. The van der Waals surface area contributed by atoms with E-state index in [0.717, 1.165) is 24.1 Å². The van der Waals surface area contributed by atoms with Crippen molar-refractivity contribution in [1.29, 1.82) is 0 Å². The Morgan fingerprint density at radius 2 is 2.00 bits per heavy atom. The zero-order valence-electron chi connectivity index (χ0n) is 11.1. The second-order valence-electron chi connectivity index (χ2n) is 3.84. The van der Waals surface area contributed by atoms with Crippen molar-refractivity contribution in [1.82, 2.24) is 9.97 Å². The number of nitrogens with zero attached hydrogens (tertiary/aromatic N) is 2. The van der Waals surface area contributed by atoms with Gasteiger partial charge in [-0.2, -0.15) is 0 Å². The summed E-state index contributed by atoms with van der Waals surface area (Å²) in [6, 6.07) is 0. The first-order chi connectivity index (χ1) is 8.17. The highest BCUT2D eigenvalue weighted by atomic mass is 16.5. The Morgan fingerprint density at radius 1 is 1.29 bits per heavy atom. The lowest BCUT2D eigenvalue weighted by molar-refractivity contribution is 0.0534. The lowest BCUT2D eigenvalue weighted by atomic mass is 10.1. The number of hydrazine groups is 1. The molecule has 1 atom stereocenters. The quantitative estimate of drug-likeness (QED) is 0.586. The van der Waals surface area contributed by atoms with Gasteiger partial charge in [-0.1, -0.05) is 13.8 Å².